The first-order chi connectivity index (χ1) is 12.1. The Balaban J connectivity index is 1.41. The van der Waals surface area contributed by atoms with Crippen molar-refractivity contribution in [3.05, 3.63) is 36.0 Å². The summed E-state index contributed by atoms with van der Waals surface area (Å²) in [6.07, 6.45) is 3.84. The summed E-state index contributed by atoms with van der Waals surface area (Å²) in [7, 11) is 0. The second kappa shape index (κ2) is 6.52. The number of piperidine rings is 1. The maximum Gasteiger partial charge on any atom is 0.271 e. The normalized spacial score (nSPS) is 22.0. The standard InChI is InChI=1S/C19H24N4O2/c1-13-6-4-5-9-23(13)14-11-22(12-14)19(25)17-10-16(20-21-17)15-7-2-3-8-18(15)24/h2-3,7-8,10,13-14,24H,4-6,9,11-12H2,1H3,(H,20,21). The van der Waals surface area contributed by atoms with Crippen molar-refractivity contribution in [2.75, 3.05) is 19.6 Å². The molecule has 0 radical (unpaired) electrons. The minimum Gasteiger partial charge on any atom is -0.507 e. The van der Waals surface area contributed by atoms with Gasteiger partial charge in [-0.15, -0.1) is 0 Å². The number of hydrogen-bond acceptors (Lipinski definition) is 4. The fourth-order valence-electron chi connectivity index (χ4n) is 3.92. The van der Waals surface area contributed by atoms with E-state index in [0.29, 0.717) is 29.0 Å². The molecular formula is C19H24N4O2. The van der Waals surface area contributed by atoms with Crippen LogP contribution in [0.5, 0.6) is 5.75 Å². The number of phenolic OH excluding ortho intramolecular Hbond substituents is 1. The molecule has 0 bridgehead atoms. The third-order valence-corrected chi connectivity index (χ3v) is 5.46. The highest BCUT2D eigenvalue weighted by Crippen LogP contribution is 2.29. The summed E-state index contributed by atoms with van der Waals surface area (Å²) in [4.78, 5) is 17.1. The average molecular weight is 340 g/mol. The molecule has 0 saturated carbocycles. The lowest BCUT2D eigenvalue weighted by molar-refractivity contribution is 0.00181. The van der Waals surface area contributed by atoms with Gasteiger partial charge in [0.25, 0.3) is 5.91 Å². The lowest BCUT2D eigenvalue weighted by Gasteiger charge is -2.49. The van der Waals surface area contributed by atoms with E-state index < -0.39 is 0 Å². The van der Waals surface area contributed by atoms with Gasteiger partial charge in [-0.2, -0.15) is 5.10 Å². The maximum absolute atomic E-state index is 12.6. The highest BCUT2D eigenvalue weighted by atomic mass is 16.3. The summed E-state index contributed by atoms with van der Waals surface area (Å²) >= 11 is 0. The van der Waals surface area contributed by atoms with Crippen LogP contribution in [0.4, 0.5) is 0 Å². The number of nitrogens with one attached hydrogen (secondary N) is 1. The van der Waals surface area contributed by atoms with Gasteiger partial charge in [-0.1, -0.05) is 18.6 Å². The Labute approximate surface area is 147 Å². The van der Waals surface area contributed by atoms with E-state index in [1.165, 1.54) is 19.3 Å². The van der Waals surface area contributed by atoms with Crippen molar-refractivity contribution in [1.29, 1.82) is 0 Å². The summed E-state index contributed by atoms with van der Waals surface area (Å²) in [5, 5.41) is 16.9. The van der Waals surface area contributed by atoms with E-state index in [-0.39, 0.29) is 11.7 Å². The van der Waals surface area contributed by atoms with E-state index in [0.717, 1.165) is 19.6 Å². The smallest absolute Gasteiger partial charge is 0.271 e. The molecule has 0 aliphatic carbocycles. The molecular weight excluding hydrogens is 316 g/mol. The molecule has 6 heteroatoms. The molecule has 1 atom stereocenters. The predicted octanol–water partition coefficient (Wildman–Crippen LogP) is 2.48. The van der Waals surface area contributed by atoms with Crippen molar-refractivity contribution in [2.45, 2.75) is 38.3 Å². The molecule has 0 spiro atoms. The molecule has 2 aliphatic heterocycles. The number of hydrogen-bond donors (Lipinski definition) is 2. The summed E-state index contributed by atoms with van der Waals surface area (Å²) in [6, 6.07) is 9.83. The number of aromatic hydroxyl groups is 1. The zero-order valence-electron chi connectivity index (χ0n) is 14.5. The largest absolute Gasteiger partial charge is 0.507 e. The van der Waals surface area contributed by atoms with Crippen molar-refractivity contribution in [3.63, 3.8) is 0 Å². The van der Waals surface area contributed by atoms with Gasteiger partial charge in [-0.25, -0.2) is 0 Å². The second-order valence-corrected chi connectivity index (χ2v) is 7.13. The number of likely N-dealkylation sites (tertiary alicyclic amines) is 2. The van der Waals surface area contributed by atoms with Gasteiger partial charge in [0.05, 0.1) is 5.69 Å². The van der Waals surface area contributed by atoms with Gasteiger partial charge in [-0.05, 0) is 44.5 Å². The van der Waals surface area contributed by atoms with Gasteiger partial charge in [0.2, 0.25) is 0 Å². The first kappa shape index (κ1) is 16.1. The van der Waals surface area contributed by atoms with Crippen LogP contribution in [-0.2, 0) is 0 Å². The Kier molecular flexibility index (Phi) is 4.21. The van der Waals surface area contributed by atoms with Crippen molar-refractivity contribution in [1.82, 2.24) is 20.0 Å². The van der Waals surface area contributed by atoms with E-state index >= 15 is 0 Å². The fraction of sp³-hybridized carbons (Fsp3) is 0.474. The number of carbonyl (C=O) groups is 1. The number of amides is 1. The molecule has 1 aromatic carbocycles. The van der Waals surface area contributed by atoms with E-state index in [1.54, 1.807) is 24.3 Å². The number of aromatic amines is 1. The van der Waals surface area contributed by atoms with Gasteiger partial charge in [0.15, 0.2) is 0 Å². The molecule has 132 valence electrons. The Morgan fingerprint density at radius 2 is 2.08 bits per heavy atom. The Morgan fingerprint density at radius 1 is 1.28 bits per heavy atom. The monoisotopic (exact) mass is 340 g/mol. The van der Waals surface area contributed by atoms with Gasteiger partial charge in [0, 0.05) is 30.7 Å². The van der Waals surface area contributed by atoms with Crippen LogP contribution in [-0.4, -0.2) is 62.7 Å². The second-order valence-electron chi connectivity index (χ2n) is 7.13. The molecule has 2 aromatic rings. The van der Waals surface area contributed by atoms with Crippen LogP contribution in [0.2, 0.25) is 0 Å². The minimum atomic E-state index is -0.0184. The van der Waals surface area contributed by atoms with Crippen LogP contribution in [0.25, 0.3) is 11.3 Å². The number of phenols is 1. The van der Waals surface area contributed by atoms with E-state index in [9.17, 15) is 9.90 Å². The van der Waals surface area contributed by atoms with Crippen molar-refractivity contribution in [3.8, 4) is 17.0 Å². The molecule has 4 rings (SSSR count). The van der Waals surface area contributed by atoms with Crippen molar-refractivity contribution >= 4 is 5.91 Å². The quantitative estimate of drug-likeness (QED) is 0.900. The van der Waals surface area contributed by atoms with Gasteiger partial charge >= 0.3 is 0 Å². The van der Waals surface area contributed by atoms with Crippen LogP contribution in [0.3, 0.4) is 0 Å². The van der Waals surface area contributed by atoms with Gasteiger partial charge in [-0.3, -0.25) is 14.8 Å². The molecule has 1 aromatic heterocycles. The van der Waals surface area contributed by atoms with Gasteiger partial charge < -0.3 is 10.0 Å². The molecule has 2 aliphatic rings. The van der Waals surface area contributed by atoms with E-state index in [4.69, 9.17) is 0 Å². The fourth-order valence-corrected chi connectivity index (χ4v) is 3.92. The molecule has 25 heavy (non-hydrogen) atoms. The van der Waals surface area contributed by atoms with E-state index in [1.807, 2.05) is 11.0 Å². The third kappa shape index (κ3) is 3.02. The zero-order chi connectivity index (χ0) is 17.4. The average Bonchev–Trinajstić information content (AvgIpc) is 3.05. The SMILES string of the molecule is CC1CCCCN1C1CN(C(=O)c2cc(-c3ccccc3O)n[nH]2)C1. The van der Waals surface area contributed by atoms with E-state index in [2.05, 4.69) is 22.0 Å². The topological polar surface area (TPSA) is 72.5 Å². The molecule has 6 nitrogen and oxygen atoms in total. The number of nitrogens with zero attached hydrogens (tertiary/aromatic N) is 3. The number of para-hydroxylation sites is 1. The zero-order valence-corrected chi connectivity index (χ0v) is 14.5. The first-order valence-corrected chi connectivity index (χ1v) is 9.02. The minimum absolute atomic E-state index is 0.0184. The highest BCUT2D eigenvalue weighted by Gasteiger charge is 2.38. The lowest BCUT2D eigenvalue weighted by Crippen LogP contribution is -2.63. The lowest BCUT2D eigenvalue weighted by atomic mass is 9.97. The summed E-state index contributed by atoms with van der Waals surface area (Å²) in [6.45, 7) is 5.01. The molecule has 2 saturated heterocycles. The van der Waals surface area contributed by atoms with Crippen LogP contribution in [0.1, 0.15) is 36.7 Å². The summed E-state index contributed by atoms with van der Waals surface area (Å²) in [5.74, 6) is 0.145. The summed E-state index contributed by atoms with van der Waals surface area (Å²) < 4.78 is 0. The Morgan fingerprint density at radius 3 is 2.84 bits per heavy atom. The molecule has 3 heterocycles. The molecule has 1 amide bonds. The number of rotatable bonds is 3. The van der Waals surface area contributed by atoms with Crippen LogP contribution >= 0.6 is 0 Å². The Hall–Kier alpha value is -2.34. The number of carbonyl (C=O) groups excluding carboxylic acids is 1. The first-order valence-electron chi connectivity index (χ1n) is 9.02. The Bertz CT molecular complexity index is 766. The van der Waals surface area contributed by atoms with Crippen molar-refractivity contribution < 1.29 is 9.90 Å². The summed E-state index contributed by atoms with van der Waals surface area (Å²) in [5.41, 5.74) is 1.69. The molecule has 2 N–H and O–H groups in total. The third-order valence-electron chi connectivity index (χ3n) is 5.46. The number of benzene rings is 1. The predicted molar refractivity (Wildman–Crippen MR) is 95.4 cm³/mol. The van der Waals surface area contributed by atoms with Gasteiger partial charge in [0.1, 0.15) is 11.4 Å². The molecule has 2 fully saturated rings. The maximum atomic E-state index is 12.6. The number of aromatic nitrogens is 2. The van der Waals surface area contributed by atoms with Crippen LogP contribution in [0, 0.1) is 0 Å². The number of H-pyrrole nitrogens is 1. The molecule has 1 unspecified atom stereocenters. The van der Waals surface area contributed by atoms with Crippen LogP contribution in [0.15, 0.2) is 30.3 Å². The van der Waals surface area contributed by atoms with Crippen molar-refractivity contribution in [2.24, 2.45) is 0 Å². The highest BCUT2D eigenvalue weighted by molar-refractivity contribution is 5.94. The van der Waals surface area contributed by atoms with Crippen LogP contribution < -0.4 is 0 Å².